The van der Waals surface area contributed by atoms with Gasteiger partial charge in [-0.15, -0.1) is 11.6 Å². The molecular weight excluding hydrogens is 214 g/mol. The predicted octanol–water partition coefficient (Wildman–Crippen LogP) is 1.74. The molecule has 0 spiro atoms. The Kier molecular flexibility index (Phi) is 7.36. The van der Waals surface area contributed by atoms with E-state index in [-0.39, 0.29) is 0 Å². The molecule has 1 saturated heterocycles. The zero-order chi connectivity index (χ0) is 10.9. The molecule has 15 heavy (non-hydrogen) atoms. The molecule has 1 heterocycles. The molecule has 0 saturated carbocycles. The Bertz CT molecular complexity index is 152. The van der Waals surface area contributed by atoms with Gasteiger partial charge in [0.05, 0.1) is 12.7 Å². The molecule has 0 aromatic rings. The standard InChI is InChI=1S/C11H22ClNO2/c1-14-9-7-13(6-5-12)10-11-4-2-3-8-15-11/h11H,2-10H2,1H3. The number of methoxy groups -OCH3 is 1. The summed E-state index contributed by atoms with van der Waals surface area (Å²) >= 11 is 5.77. The molecule has 0 aromatic heterocycles. The first kappa shape index (κ1) is 13.2. The summed E-state index contributed by atoms with van der Waals surface area (Å²) in [7, 11) is 1.73. The van der Waals surface area contributed by atoms with Crippen LogP contribution in [-0.2, 0) is 9.47 Å². The van der Waals surface area contributed by atoms with Crippen LogP contribution in [-0.4, -0.2) is 56.8 Å². The van der Waals surface area contributed by atoms with Gasteiger partial charge >= 0.3 is 0 Å². The molecule has 0 amide bonds. The van der Waals surface area contributed by atoms with Crippen LogP contribution in [0.1, 0.15) is 19.3 Å². The molecule has 1 aliphatic rings. The van der Waals surface area contributed by atoms with Crippen molar-refractivity contribution in [1.29, 1.82) is 0 Å². The summed E-state index contributed by atoms with van der Waals surface area (Å²) in [5.74, 6) is 0.677. The van der Waals surface area contributed by atoms with Crippen LogP contribution in [0.15, 0.2) is 0 Å². The first-order valence-corrected chi connectivity index (χ1v) is 6.29. The fraction of sp³-hybridized carbons (Fsp3) is 1.00. The van der Waals surface area contributed by atoms with Crippen molar-refractivity contribution in [3.05, 3.63) is 0 Å². The van der Waals surface area contributed by atoms with Crippen LogP contribution in [0.4, 0.5) is 0 Å². The molecule has 3 nitrogen and oxygen atoms in total. The minimum atomic E-state index is 0.402. The van der Waals surface area contributed by atoms with E-state index in [2.05, 4.69) is 4.90 Å². The van der Waals surface area contributed by atoms with E-state index in [4.69, 9.17) is 21.1 Å². The van der Waals surface area contributed by atoms with Gasteiger partial charge in [-0.3, -0.25) is 4.90 Å². The third kappa shape index (κ3) is 5.71. The van der Waals surface area contributed by atoms with E-state index in [0.717, 1.165) is 32.8 Å². The molecule has 1 aliphatic heterocycles. The van der Waals surface area contributed by atoms with Crippen LogP contribution >= 0.6 is 11.6 Å². The van der Waals surface area contributed by atoms with Crippen molar-refractivity contribution in [2.24, 2.45) is 0 Å². The largest absolute Gasteiger partial charge is 0.383 e. The topological polar surface area (TPSA) is 21.7 Å². The van der Waals surface area contributed by atoms with Crippen LogP contribution in [0.5, 0.6) is 0 Å². The van der Waals surface area contributed by atoms with Gasteiger partial charge in [-0.1, -0.05) is 0 Å². The predicted molar refractivity (Wildman–Crippen MR) is 62.6 cm³/mol. The van der Waals surface area contributed by atoms with E-state index in [1.165, 1.54) is 19.3 Å². The molecule has 0 aliphatic carbocycles. The summed E-state index contributed by atoms with van der Waals surface area (Å²) in [5, 5.41) is 0. The quantitative estimate of drug-likeness (QED) is 0.628. The highest BCUT2D eigenvalue weighted by molar-refractivity contribution is 6.18. The van der Waals surface area contributed by atoms with Crippen molar-refractivity contribution in [2.75, 3.05) is 45.8 Å². The van der Waals surface area contributed by atoms with Gasteiger partial charge < -0.3 is 9.47 Å². The van der Waals surface area contributed by atoms with E-state index in [9.17, 15) is 0 Å². The molecule has 4 heteroatoms. The normalized spacial score (nSPS) is 22.2. The van der Waals surface area contributed by atoms with Crippen LogP contribution in [0.2, 0.25) is 0 Å². The summed E-state index contributed by atoms with van der Waals surface area (Å²) in [6, 6.07) is 0. The Labute approximate surface area is 97.7 Å². The summed E-state index contributed by atoms with van der Waals surface area (Å²) in [5.41, 5.74) is 0. The Morgan fingerprint density at radius 3 is 2.87 bits per heavy atom. The minimum Gasteiger partial charge on any atom is -0.383 e. The van der Waals surface area contributed by atoms with Gasteiger partial charge in [-0.05, 0) is 19.3 Å². The molecule has 0 radical (unpaired) electrons. The van der Waals surface area contributed by atoms with Crippen LogP contribution in [0.3, 0.4) is 0 Å². The third-order valence-electron chi connectivity index (χ3n) is 2.75. The second-order valence-electron chi connectivity index (χ2n) is 3.97. The lowest BCUT2D eigenvalue weighted by Crippen LogP contribution is -2.38. The van der Waals surface area contributed by atoms with E-state index in [1.807, 2.05) is 0 Å². The number of halogens is 1. The lowest BCUT2D eigenvalue weighted by molar-refractivity contribution is -0.00799. The monoisotopic (exact) mass is 235 g/mol. The highest BCUT2D eigenvalue weighted by Crippen LogP contribution is 2.13. The van der Waals surface area contributed by atoms with Crippen LogP contribution < -0.4 is 0 Å². The second kappa shape index (κ2) is 8.34. The van der Waals surface area contributed by atoms with Crippen LogP contribution in [0, 0.1) is 0 Å². The van der Waals surface area contributed by atoms with Crippen molar-refractivity contribution in [2.45, 2.75) is 25.4 Å². The number of ether oxygens (including phenoxy) is 2. The molecule has 1 fully saturated rings. The van der Waals surface area contributed by atoms with Crippen molar-refractivity contribution in [3.63, 3.8) is 0 Å². The highest BCUT2D eigenvalue weighted by Gasteiger charge is 2.17. The average Bonchev–Trinajstić information content (AvgIpc) is 2.28. The first-order valence-electron chi connectivity index (χ1n) is 5.75. The lowest BCUT2D eigenvalue weighted by atomic mass is 10.1. The van der Waals surface area contributed by atoms with Gasteiger partial charge in [0.15, 0.2) is 0 Å². The Morgan fingerprint density at radius 1 is 1.40 bits per heavy atom. The molecule has 1 atom stereocenters. The maximum Gasteiger partial charge on any atom is 0.0702 e. The fourth-order valence-electron chi connectivity index (χ4n) is 1.87. The molecule has 0 bridgehead atoms. The maximum absolute atomic E-state index is 5.77. The summed E-state index contributed by atoms with van der Waals surface area (Å²) in [6.45, 7) is 4.55. The van der Waals surface area contributed by atoms with E-state index in [1.54, 1.807) is 7.11 Å². The van der Waals surface area contributed by atoms with Gasteiger partial charge in [0, 0.05) is 39.2 Å². The highest BCUT2D eigenvalue weighted by atomic mass is 35.5. The first-order chi connectivity index (χ1) is 7.36. The second-order valence-corrected chi connectivity index (χ2v) is 4.35. The smallest absolute Gasteiger partial charge is 0.0702 e. The number of nitrogens with zero attached hydrogens (tertiary/aromatic N) is 1. The van der Waals surface area contributed by atoms with Crippen molar-refractivity contribution < 1.29 is 9.47 Å². The molecule has 1 unspecified atom stereocenters. The molecule has 0 N–H and O–H groups in total. The fourth-order valence-corrected chi connectivity index (χ4v) is 2.11. The maximum atomic E-state index is 5.77. The van der Waals surface area contributed by atoms with Crippen molar-refractivity contribution in [3.8, 4) is 0 Å². The van der Waals surface area contributed by atoms with Gasteiger partial charge in [0.2, 0.25) is 0 Å². The number of alkyl halides is 1. The SMILES string of the molecule is COCCN(CCCl)CC1CCCCO1. The number of hydrogen-bond donors (Lipinski definition) is 0. The zero-order valence-corrected chi connectivity index (χ0v) is 10.3. The van der Waals surface area contributed by atoms with Gasteiger partial charge in [0.1, 0.15) is 0 Å². The van der Waals surface area contributed by atoms with Crippen LogP contribution in [0.25, 0.3) is 0 Å². The minimum absolute atomic E-state index is 0.402. The number of rotatable bonds is 7. The lowest BCUT2D eigenvalue weighted by Gasteiger charge is -2.29. The molecular formula is C11H22ClNO2. The molecule has 90 valence electrons. The molecule has 1 rings (SSSR count). The van der Waals surface area contributed by atoms with E-state index in [0.29, 0.717) is 12.0 Å². The van der Waals surface area contributed by atoms with Crippen molar-refractivity contribution in [1.82, 2.24) is 4.90 Å². The summed E-state index contributed by atoms with van der Waals surface area (Å²) in [6.07, 6.45) is 4.10. The van der Waals surface area contributed by atoms with Crippen molar-refractivity contribution >= 4 is 11.6 Å². The zero-order valence-electron chi connectivity index (χ0n) is 9.58. The number of hydrogen-bond acceptors (Lipinski definition) is 3. The summed E-state index contributed by atoms with van der Waals surface area (Å²) < 4.78 is 10.8. The Morgan fingerprint density at radius 2 is 2.27 bits per heavy atom. The Balaban J connectivity index is 2.21. The molecule has 0 aromatic carbocycles. The van der Waals surface area contributed by atoms with Gasteiger partial charge in [-0.2, -0.15) is 0 Å². The third-order valence-corrected chi connectivity index (χ3v) is 2.92. The van der Waals surface area contributed by atoms with E-state index < -0.39 is 0 Å². The van der Waals surface area contributed by atoms with Gasteiger partial charge in [-0.25, -0.2) is 0 Å². The summed E-state index contributed by atoms with van der Waals surface area (Å²) in [4.78, 5) is 2.33. The van der Waals surface area contributed by atoms with Gasteiger partial charge in [0.25, 0.3) is 0 Å². The van der Waals surface area contributed by atoms with E-state index >= 15 is 0 Å². The Hall–Kier alpha value is 0.170. The average molecular weight is 236 g/mol.